The van der Waals surface area contributed by atoms with E-state index in [4.69, 9.17) is 4.52 Å². The zero-order chi connectivity index (χ0) is 16.9. The Morgan fingerprint density at radius 1 is 1.46 bits per heavy atom. The number of aromatic nitrogens is 1. The molecule has 1 fully saturated rings. The van der Waals surface area contributed by atoms with E-state index in [1.165, 1.54) is 0 Å². The summed E-state index contributed by atoms with van der Waals surface area (Å²) >= 11 is 2.03. The Bertz CT molecular complexity index is 528. The molecule has 0 atom stereocenters. The molecule has 0 aliphatic carbocycles. The number of nitrogens with zero attached hydrogens (tertiary/aromatic N) is 3. The van der Waals surface area contributed by atoms with Crippen LogP contribution in [0.4, 0.5) is 0 Å². The maximum Gasteiger partial charge on any atom is 0.194 e. The van der Waals surface area contributed by atoms with Gasteiger partial charge in [-0.15, -0.1) is 24.0 Å². The number of aliphatic imine (C=N–C) groups is 1. The molecule has 138 valence electrons. The zero-order valence-electron chi connectivity index (χ0n) is 15.5. The zero-order valence-corrected chi connectivity index (χ0v) is 18.6. The van der Waals surface area contributed by atoms with Crippen molar-refractivity contribution in [3.05, 3.63) is 17.5 Å². The lowest BCUT2D eigenvalue weighted by Gasteiger charge is -2.39. The first-order valence-electron chi connectivity index (χ1n) is 8.54. The highest BCUT2D eigenvalue weighted by molar-refractivity contribution is 14.0. The fraction of sp³-hybridized carbons (Fsp3) is 0.765. The molecule has 24 heavy (non-hydrogen) atoms. The van der Waals surface area contributed by atoms with Crippen molar-refractivity contribution in [2.24, 2.45) is 4.99 Å². The lowest BCUT2D eigenvalue weighted by atomic mass is 9.99. The minimum absolute atomic E-state index is 0. The molecule has 1 aliphatic rings. The molecule has 0 radical (unpaired) electrons. The maximum absolute atomic E-state index is 5.48. The first-order valence-corrected chi connectivity index (χ1v) is 9.52. The maximum atomic E-state index is 5.48. The van der Waals surface area contributed by atoms with Gasteiger partial charge in [0.05, 0.1) is 12.2 Å². The standard InChI is InChI=1S/C17H30N4OS.HI/c1-6-13(7-2)15-10-14(22-20-15)11-19-16(18-5)21-8-9-23-17(3,4)12-21;/h10,13H,6-9,11-12H2,1-5H3,(H,18,19);1H. The third kappa shape index (κ3) is 5.82. The van der Waals surface area contributed by atoms with Gasteiger partial charge in [-0.1, -0.05) is 19.0 Å². The summed E-state index contributed by atoms with van der Waals surface area (Å²) in [7, 11) is 1.84. The molecule has 0 saturated carbocycles. The molecule has 0 aromatic carbocycles. The molecule has 1 aromatic heterocycles. The van der Waals surface area contributed by atoms with Crippen LogP contribution in [-0.2, 0) is 6.54 Å². The van der Waals surface area contributed by atoms with Crippen LogP contribution in [-0.4, -0.2) is 46.7 Å². The Balaban J connectivity index is 0.00000288. The van der Waals surface area contributed by atoms with E-state index in [9.17, 15) is 0 Å². The normalized spacial score (nSPS) is 17.8. The molecule has 2 heterocycles. The van der Waals surface area contributed by atoms with Gasteiger partial charge in [0.25, 0.3) is 0 Å². The summed E-state index contributed by atoms with van der Waals surface area (Å²) in [6.45, 7) is 11.6. The number of hydrogen-bond acceptors (Lipinski definition) is 4. The van der Waals surface area contributed by atoms with Gasteiger partial charge in [-0.05, 0) is 26.7 Å². The average molecular weight is 466 g/mol. The molecule has 0 bridgehead atoms. The number of hydrogen-bond donors (Lipinski definition) is 1. The van der Waals surface area contributed by atoms with Gasteiger partial charge >= 0.3 is 0 Å². The number of rotatable bonds is 5. The van der Waals surface area contributed by atoms with Crippen molar-refractivity contribution < 1.29 is 4.52 Å². The molecule has 2 rings (SSSR count). The van der Waals surface area contributed by atoms with E-state index in [1.807, 2.05) is 18.8 Å². The fourth-order valence-electron chi connectivity index (χ4n) is 3.01. The minimum atomic E-state index is 0. The molecular weight excluding hydrogens is 435 g/mol. The molecule has 0 spiro atoms. The Morgan fingerprint density at radius 2 is 2.17 bits per heavy atom. The Labute approximate surface area is 167 Å². The van der Waals surface area contributed by atoms with Gasteiger partial charge in [0, 0.05) is 42.6 Å². The summed E-state index contributed by atoms with van der Waals surface area (Å²) in [6, 6.07) is 2.08. The number of thioether (sulfide) groups is 1. The highest BCUT2D eigenvalue weighted by Gasteiger charge is 2.28. The summed E-state index contributed by atoms with van der Waals surface area (Å²) in [5.74, 6) is 3.44. The minimum Gasteiger partial charge on any atom is -0.359 e. The van der Waals surface area contributed by atoms with Gasteiger partial charge in [0.1, 0.15) is 0 Å². The SMILES string of the molecule is CCC(CC)c1cc(CNC(=NC)N2CCSC(C)(C)C2)on1.I. The van der Waals surface area contributed by atoms with Crippen LogP contribution in [0.5, 0.6) is 0 Å². The largest absolute Gasteiger partial charge is 0.359 e. The Kier molecular flexibility index (Phi) is 8.90. The van der Waals surface area contributed by atoms with E-state index in [0.717, 1.165) is 49.1 Å². The second-order valence-electron chi connectivity index (χ2n) is 6.66. The van der Waals surface area contributed by atoms with Crippen molar-refractivity contribution in [2.45, 2.75) is 57.7 Å². The van der Waals surface area contributed by atoms with Crippen LogP contribution in [0.25, 0.3) is 0 Å². The Hall–Kier alpha value is -0.440. The van der Waals surface area contributed by atoms with Gasteiger partial charge in [0.15, 0.2) is 11.7 Å². The second kappa shape index (κ2) is 9.89. The van der Waals surface area contributed by atoms with Crippen LogP contribution < -0.4 is 5.32 Å². The lowest BCUT2D eigenvalue weighted by molar-refractivity contribution is 0.355. The van der Waals surface area contributed by atoms with Crippen LogP contribution >= 0.6 is 35.7 Å². The molecule has 1 N–H and O–H groups in total. The van der Waals surface area contributed by atoms with E-state index >= 15 is 0 Å². The van der Waals surface area contributed by atoms with Crippen molar-refractivity contribution in [2.75, 3.05) is 25.9 Å². The van der Waals surface area contributed by atoms with Crippen LogP contribution in [0.2, 0.25) is 0 Å². The van der Waals surface area contributed by atoms with E-state index in [-0.39, 0.29) is 28.7 Å². The van der Waals surface area contributed by atoms with Gasteiger partial charge in [-0.25, -0.2) is 0 Å². The molecule has 1 saturated heterocycles. The predicted molar refractivity (Wildman–Crippen MR) is 114 cm³/mol. The molecule has 0 amide bonds. The Morgan fingerprint density at radius 3 is 2.75 bits per heavy atom. The smallest absolute Gasteiger partial charge is 0.194 e. The summed E-state index contributed by atoms with van der Waals surface area (Å²) in [4.78, 5) is 6.75. The molecule has 5 nitrogen and oxygen atoms in total. The van der Waals surface area contributed by atoms with E-state index in [2.05, 4.69) is 54.1 Å². The summed E-state index contributed by atoms with van der Waals surface area (Å²) in [5.41, 5.74) is 1.07. The monoisotopic (exact) mass is 466 g/mol. The van der Waals surface area contributed by atoms with Crippen LogP contribution in [0.1, 0.15) is 57.9 Å². The first-order chi connectivity index (χ1) is 11.0. The summed E-state index contributed by atoms with van der Waals surface area (Å²) in [5, 5.41) is 7.64. The van der Waals surface area contributed by atoms with Gasteiger partial charge in [0.2, 0.25) is 0 Å². The van der Waals surface area contributed by atoms with Crippen molar-refractivity contribution in [1.29, 1.82) is 0 Å². The summed E-state index contributed by atoms with van der Waals surface area (Å²) in [6.07, 6.45) is 2.19. The van der Waals surface area contributed by atoms with Gasteiger partial charge in [-0.2, -0.15) is 11.8 Å². The molecular formula is C17H31IN4OS. The molecule has 1 aliphatic heterocycles. The lowest BCUT2D eigenvalue weighted by Crippen LogP contribution is -2.50. The van der Waals surface area contributed by atoms with Crippen LogP contribution in [0, 0.1) is 0 Å². The van der Waals surface area contributed by atoms with Gasteiger partial charge < -0.3 is 14.7 Å². The van der Waals surface area contributed by atoms with Crippen molar-refractivity contribution in [3.8, 4) is 0 Å². The highest BCUT2D eigenvalue weighted by Crippen LogP contribution is 2.29. The summed E-state index contributed by atoms with van der Waals surface area (Å²) < 4.78 is 5.75. The van der Waals surface area contributed by atoms with E-state index < -0.39 is 0 Å². The van der Waals surface area contributed by atoms with Gasteiger partial charge in [-0.3, -0.25) is 4.99 Å². The third-order valence-corrected chi connectivity index (χ3v) is 5.64. The molecule has 1 aromatic rings. The van der Waals surface area contributed by atoms with E-state index in [0.29, 0.717) is 12.5 Å². The van der Waals surface area contributed by atoms with Crippen LogP contribution in [0.3, 0.4) is 0 Å². The average Bonchev–Trinajstić information content (AvgIpc) is 2.97. The molecule has 0 unspecified atom stereocenters. The topological polar surface area (TPSA) is 53.7 Å². The highest BCUT2D eigenvalue weighted by atomic mass is 127. The first kappa shape index (κ1) is 21.6. The van der Waals surface area contributed by atoms with E-state index in [1.54, 1.807) is 0 Å². The number of guanidine groups is 1. The third-order valence-electron chi connectivity index (χ3n) is 4.34. The van der Waals surface area contributed by atoms with Crippen molar-refractivity contribution in [1.82, 2.24) is 15.4 Å². The van der Waals surface area contributed by atoms with Crippen LogP contribution in [0.15, 0.2) is 15.6 Å². The predicted octanol–water partition coefficient (Wildman–Crippen LogP) is 4.10. The number of nitrogens with one attached hydrogen (secondary N) is 1. The second-order valence-corrected chi connectivity index (χ2v) is 8.46. The quantitative estimate of drug-likeness (QED) is 0.403. The van der Waals surface area contributed by atoms with Crippen molar-refractivity contribution >= 4 is 41.7 Å². The van der Waals surface area contributed by atoms with Crippen molar-refractivity contribution in [3.63, 3.8) is 0 Å². The number of halogens is 1. The molecule has 7 heteroatoms. The fourth-order valence-corrected chi connectivity index (χ4v) is 4.12.